The Labute approximate surface area is 205 Å². The molecule has 0 bridgehead atoms. The molecule has 3 rings (SSSR count). The SMILES string of the molecule is CC(C)(C)[Si](C)(C)OCCC(=O)C1CCCN1C(=O)C1CCCN1C(=O)NCc1ccccc1. The molecule has 2 fully saturated rings. The smallest absolute Gasteiger partial charge is 0.318 e. The van der Waals surface area contributed by atoms with E-state index in [1.807, 2.05) is 30.3 Å². The molecule has 1 N–H and O–H groups in total. The van der Waals surface area contributed by atoms with E-state index in [1.54, 1.807) is 9.80 Å². The normalized spacial score (nSPS) is 21.1. The van der Waals surface area contributed by atoms with E-state index < -0.39 is 20.4 Å². The lowest BCUT2D eigenvalue weighted by atomic mass is 10.1. The quantitative estimate of drug-likeness (QED) is 0.554. The van der Waals surface area contributed by atoms with E-state index >= 15 is 0 Å². The van der Waals surface area contributed by atoms with E-state index in [0.717, 1.165) is 18.4 Å². The van der Waals surface area contributed by atoms with Gasteiger partial charge in [0.1, 0.15) is 6.04 Å². The van der Waals surface area contributed by atoms with Crippen molar-refractivity contribution in [3.05, 3.63) is 35.9 Å². The predicted molar refractivity (Wildman–Crippen MR) is 136 cm³/mol. The Hall–Kier alpha value is -2.19. The molecule has 7 nitrogen and oxygen atoms in total. The first kappa shape index (κ1) is 26.4. The number of amides is 3. The minimum atomic E-state index is -1.91. The van der Waals surface area contributed by atoms with Crippen LogP contribution in [0.2, 0.25) is 18.1 Å². The maximum absolute atomic E-state index is 13.4. The first-order valence-corrected chi connectivity index (χ1v) is 15.5. The molecule has 2 unspecified atom stereocenters. The minimum absolute atomic E-state index is 0.0719. The second-order valence-electron chi connectivity index (χ2n) is 11.0. The van der Waals surface area contributed by atoms with Crippen LogP contribution in [-0.4, -0.2) is 67.6 Å². The lowest BCUT2D eigenvalue weighted by molar-refractivity contribution is -0.140. The van der Waals surface area contributed by atoms with Gasteiger partial charge in [0.2, 0.25) is 5.91 Å². The van der Waals surface area contributed by atoms with E-state index in [2.05, 4.69) is 39.2 Å². The zero-order valence-electron chi connectivity index (χ0n) is 21.4. The number of hydrogen-bond acceptors (Lipinski definition) is 4. The van der Waals surface area contributed by atoms with Crippen molar-refractivity contribution in [1.29, 1.82) is 0 Å². The summed E-state index contributed by atoms with van der Waals surface area (Å²) >= 11 is 0. The Morgan fingerprint density at radius 1 is 1.00 bits per heavy atom. The van der Waals surface area contributed by atoms with Crippen LogP contribution in [0.3, 0.4) is 0 Å². The van der Waals surface area contributed by atoms with Gasteiger partial charge in [0.05, 0.1) is 6.04 Å². The Morgan fingerprint density at radius 2 is 1.62 bits per heavy atom. The lowest BCUT2D eigenvalue weighted by Crippen LogP contribution is -2.53. The number of Topliss-reactive ketones (excluding diaryl/α,β-unsaturated/α-hetero) is 1. The van der Waals surface area contributed by atoms with Crippen LogP contribution in [0.25, 0.3) is 0 Å². The van der Waals surface area contributed by atoms with Gasteiger partial charge in [0.25, 0.3) is 0 Å². The number of carbonyl (C=O) groups excluding carboxylic acids is 3. The van der Waals surface area contributed by atoms with Crippen LogP contribution in [0.15, 0.2) is 30.3 Å². The molecule has 3 amide bonds. The molecule has 2 heterocycles. The molecule has 2 saturated heterocycles. The maximum Gasteiger partial charge on any atom is 0.318 e. The van der Waals surface area contributed by atoms with E-state index in [1.165, 1.54) is 0 Å². The summed E-state index contributed by atoms with van der Waals surface area (Å²) in [5.41, 5.74) is 1.02. The van der Waals surface area contributed by atoms with Crippen LogP contribution in [-0.2, 0) is 20.6 Å². The predicted octanol–water partition coefficient (Wildman–Crippen LogP) is 4.33. The Morgan fingerprint density at radius 3 is 2.26 bits per heavy atom. The molecule has 2 aliphatic heterocycles. The van der Waals surface area contributed by atoms with Crippen molar-refractivity contribution in [3.8, 4) is 0 Å². The van der Waals surface area contributed by atoms with Crippen molar-refractivity contribution >= 4 is 26.0 Å². The highest BCUT2D eigenvalue weighted by atomic mass is 28.4. The van der Waals surface area contributed by atoms with Gasteiger partial charge in [-0.1, -0.05) is 51.1 Å². The third kappa shape index (κ3) is 6.27. The molecular formula is C26H41N3O4Si. The van der Waals surface area contributed by atoms with Crippen molar-refractivity contribution in [1.82, 2.24) is 15.1 Å². The zero-order chi connectivity index (χ0) is 24.9. The maximum atomic E-state index is 13.4. The molecule has 8 heteroatoms. The summed E-state index contributed by atoms with van der Waals surface area (Å²) in [6, 6.07) is 8.62. The fourth-order valence-electron chi connectivity index (χ4n) is 4.49. The van der Waals surface area contributed by atoms with Gasteiger partial charge in [-0.2, -0.15) is 0 Å². The van der Waals surface area contributed by atoms with E-state index in [9.17, 15) is 14.4 Å². The van der Waals surface area contributed by atoms with Gasteiger partial charge in [-0.05, 0) is 49.4 Å². The van der Waals surface area contributed by atoms with Crippen molar-refractivity contribution in [2.45, 2.75) is 89.6 Å². The molecule has 0 saturated carbocycles. The second kappa shape index (κ2) is 11.0. The molecule has 0 aliphatic carbocycles. The lowest BCUT2D eigenvalue weighted by Gasteiger charge is -2.36. The fraction of sp³-hybridized carbons (Fsp3) is 0.654. The van der Waals surface area contributed by atoms with Gasteiger partial charge in [0, 0.05) is 32.7 Å². The van der Waals surface area contributed by atoms with Gasteiger partial charge in [-0.25, -0.2) is 4.79 Å². The standard InChI is InChI=1S/C26H41N3O4Si/c1-26(2,3)34(4,5)33-18-15-23(30)21-13-9-16-28(21)24(31)22-14-10-17-29(22)25(32)27-19-20-11-7-6-8-12-20/h6-8,11-12,21-22H,9-10,13-19H2,1-5H3,(H,27,32). The van der Waals surface area contributed by atoms with Crippen molar-refractivity contribution in [2.75, 3.05) is 19.7 Å². The van der Waals surface area contributed by atoms with Gasteiger partial charge in [-0.15, -0.1) is 0 Å². The Balaban J connectivity index is 1.55. The topological polar surface area (TPSA) is 79.0 Å². The summed E-state index contributed by atoms with van der Waals surface area (Å²) in [4.78, 5) is 42.7. The summed E-state index contributed by atoms with van der Waals surface area (Å²) in [7, 11) is -1.91. The van der Waals surface area contributed by atoms with Crippen LogP contribution in [0, 0.1) is 0 Å². The molecule has 1 aromatic carbocycles. The highest BCUT2D eigenvalue weighted by Crippen LogP contribution is 2.36. The van der Waals surface area contributed by atoms with Crippen LogP contribution in [0.4, 0.5) is 4.79 Å². The number of ketones is 1. The second-order valence-corrected chi connectivity index (χ2v) is 15.8. The first-order chi connectivity index (χ1) is 16.0. The molecule has 0 radical (unpaired) electrons. The molecule has 2 atom stereocenters. The third-order valence-electron chi connectivity index (χ3n) is 7.61. The third-order valence-corrected chi connectivity index (χ3v) is 12.1. The van der Waals surface area contributed by atoms with Crippen molar-refractivity contribution in [3.63, 3.8) is 0 Å². The number of nitrogens with one attached hydrogen (secondary N) is 1. The number of likely N-dealkylation sites (tertiary alicyclic amines) is 2. The summed E-state index contributed by atoms with van der Waals surface area (Å²) in [5, 5.41) is 3.04. The minimum Gasteiger partial charge on any atom is -0.416 e. The summed E-state index contributed by atoms with van der Waals surface area (Å²) in [6.45, 7) is 12.9. The molecule has 34 heavy (non-hydrogen) atoms. The van der Waals surface area contributed by atoms with Crippen LogP contribution in [0.5, 0.6) is 0 Å². The first-order valence-electron chi connectivity index (χ1n) is 12.6. The zero-order valence-corrected chi connectivity index (χ0v) is 22.4. The van der Waals surface area contributed by atoms with Crippen LogP contribution < -0.4 is 5.32 Å². The van der Waals surface area contributed by atoms with Crippen molar-refractivity contribution < 1.29 is 18.8 Å². The summed E-state index contributed by atoms with van der Waals surface area (Å²) in [6.07, 6.45) is 3.27. The number of benzene rings is 1. The Kier molecular flexibility index (Phi) is 8.57. The van der Waals surface area contributed by atoms with E-state index in [4.69, 9.17) is 4.43 Å². The highest BCUT2D eigenvalue weighted by molar-refractivity contribution is 6.74. The molecule has 2 aliphatic rings. The number of carbonyl (C=O) groups is 3. The van der Waals surface area contributed by atoms with Crippen molar-refractivity contribution in [2.24, 2.45) is 0 Å². The molecule has 1 aromatic rings. The molecule has 188 valence electrons. The molecule has 0 spiro atoms. The fourth-order valence-corrected chi connectivity index (χ4v) is 5.53. The highest BCUT2D eigenvalue weighted by Gasteiger charge is 2.42. The summed E-state index contributed by atoms with van der Waals surface area (Å²) < 4.78 is 6.18. The largest absolute Gasteiger partial charge is 0.416 e. The van der Waals surface area contributed by atoms with E-state index in [-0.39, 0.29) is 22.8 Å². The monoisotopic (exact) mass is 487 g/mol. The number of nitrogens with zero attached hydrogens (tertiary/aromatic N) is 2. The number of rotatable bonds is 8. The Bertz CT molecular complexity index is 869. The average molecular weight is 488 g/mol. The molecule has 0 aromatic heterocycles. The van der Waals surface area contributed by atoms with Gasteiger partial charge < -0.3 is 19.5 Å². The number of urea groups is 1. The molecular weight excluding hydrogens is 446 g/mol. The van der Waals surface area contributed by atoms with Gasteiger partial charge in [0.15, 0.2) is 14.1 Å². The van der Waals surface area contributed by atoms with Crippen LogP contribution >= 0.6 is 0 Å². The average Bonchev–Trinajstić information content (AvgIpc) is 3.47. The van der Waals surface area contributed by atoms with Gasteiger partial charge >= 0.3 is 6.03 Å². The van der Waals surface area contributed by atoms with E-state index in [0.29, 0.717) is 45.5 Å². The summed E-state index contributed by atoms with van der Waals surface area (Å²) in [5.74, 6) is -0.0174. The number of hydrogen-bond donors (Lipinski definition) is 1. The van der Waals surface area contributed by atoms with Gasteiger partial charge in [-0.3, -0.25) is 9.59 Å². The van der Waals surface area contributed by atoms with Crippen LogP contribution in [0.1, 0.15) is 58.4 Å².